The van der Waals surface area contributed by atoms with Crippen molar-refractivity contribution in [1.29, 1.82) is 0 Å². The van der Waals surface area contributed by atoms with Crippen LogP contribution in [0.3, 0.4) is 0 Å². The maximum Gasteiger partial charge on any atom is 0.124 e. The summed E-state index contributed by atoms with van der Waals surface area (Å²) >= 11 is 3.47. The normalized spacial score (nSPS) is 17.7. The number of rotatable bonds is 5. The molecule has 1 unspecified atom stereocenters. The summed E-state index contributed by atoms with van der Waals surface area (Å²) in [5.41, 5.74) is 1.27. The summed E-state index contributed by atoms with van der Waals surface area (Å²) in [7, 11) is 0. The number of benzene rings is 1. The Morgan fingerprint density at radius 1 is 1.48 bits per heavy atom. The largest absolute Gasteiger partial charge is 0.309 e. The zero-order chi connectivity index (χ0) is 14.7. The van der Waals surface area contributed by atoms with Crippen LogP contribution in [0.4, 0.5) is 4.39 Å². The topological polar surface area (TPSA) is 24.9 Å². The standard InChI is InChI=1S/C16H19FN2S2/c1-2-18-13-7-4-8-14-16(13)21-15(19-14)10-20-12-6-3-5-11(17)9-12/h3,5-6,9,13,18H,2,4,7-8,10H2,1H3. The van der Waals surface area contributed by atoms with E-state index in [1.54, 1.807) is 23.9 Å². The Hall–Kier alpha value is -0.910. The van der Waals surface area contributed by atoms with E-state index in [1.165, 1.54) is 29.5 Å². The van der Waals surface area contributed by atoms with Crippen LogP contribution in [-0.2, 0) is 12.2 Å². The molecule has 1 N–H and O–H groups in total. The van der Waals surface area contributed by atoms with E-state index in [0.717, 1.165) is 28.6 Å². The highest BCUT2D eigenvalue weighted by molar-refractivity contribution is 7.98. The summed E-state index contributed by atoms with van der Waals surface area (Å²) in [6.07, 6.45) is 3.52. The predicted molar refractivity (Wildman–Crippen MR) is 87.4 cm³/mol. The van der Waals surface area contributed by atoms with Crippen LogP contribution in [0.15, 0.2) is 29.2 Å². The van der Waals surface area contributed by atoms with Crippen LogP contribution in [0, 0.1) is 5.82 Å². The molecule has 1 aliphatic rings. The molecular formula is C16H19FN2S2. The molecule has 112 valence electrons. The molecule has 0 radical (unpaired) electrons. The minimum Gasteiger partial charge on any atom is -0.309 e. The molecule has 1 aromatic carbocycles. The van der Waals surface area contributed by atoms with Gasteiger partial charge in [-0.25, -0.2) is 9.37 Å². The third-order valence-electron chi connectivity index (χ3n) is 3.60. The van der Waals surface area contributed by atoms with Crippen molar-refractivity contribution >= 4 is 23.1 Å². The van der Waals surface area contributed by atoms with Crippen LogP contribution < -0.4 is 5.32 Å². The van der Waals surface area contributed by atoms with E-state index in [2.05, 4.69) is 12.2 Å². The molecular weight excluding hydrogens is 303 g/mol. The van der Waals surface area contributed by atoms with E-state index >= 15 is 0 Å². The van der Waals surface area contributed by atoms with E-state index in [0.29, 0.717) is 6.04 Å². The van der Waals surface area contributed by atoms with Gasteiger partial charge in [0, 0.05) is 15.8 Å². The van der Waals surface area contributed by atoms with Crippen molar-refractivity contribution < 1.29 is 4.39 Å². The predicted octanol–water partition coefficient (Wildman–Crippen LogP) is 4.56. The average Bonchev–Trinajstić information content (AvgIpc) is 2.90. The molecule has 1 aliphatic carbocycles. The van der Waals surface area contributed by atoms with Crippen LogP contribution in [0.1, 0.15) is 41.4 Å². The second-order valence-corrected chi connectivity index (χ2v) is 7.33. The van der Waals surface area contributed by atoms with Crippen LogP contribution in [-0.4, -0.2) is 11.5 Å². The number of thiazole rings is 1. The molecule has 21 heavy (non-hydrogen) atoms. The van der Waals surface area contributed by atoms with Crippen LogP contribution >= 0.6 is 23.1 Å². The van der Waals surface area contributed by atoms with Gasteiger partial charge in [-0.05, 0) is 44.0 Å². The fourth-order valence-corrected chi connectivity index (χ4v) is 4.83. The number of thioether (sulfide) groups is 1. The molecule has 0 fully saturated rings. The fourth-order valence-electron chi connectivity index (χ4n) is 2.68. The zero-order valence-corrected chi connectivity index (χ0v) is 13.7. The van der Waals surface area contributed by atoms with Gasteiger partial charge >= 0.3 is 0 Å². The molecule has 0 saturated heterocycles. The van der Waals surface area contributed by atoms with Gasteiger partial charge in [0.05, 0.1) is 11.4 Å². The number of aryl methyl sites for hydroxylation is 1. The Kier molecular flexibility index (Phi) is 4.93. The number of nitrogens with zero attached hydrogens (tertiary/aromatic N) is 1. The van der Waals surface area contributed by atoms with E-state index in [1.807, 2.05) is 17.4 Å². The van der Waals surface area contributed by atoms with Gasteiger partial charge in [0.1, 0.15) is 10.8 Å². The summed E-state index contributed by atoms with van der Waals surface area (Å²) in [5.74, 6) is 0.644. The second kappa shape index (κ2) is 6.90. The summed E-state index contributed by atoms with van der Waals surface area (Å²) in [4.78, 5) is 7.16. The molecule has 0 amide bonds. The Bertz CT molecular complexity index is 612. The monoisotopic (exact) mass is 322 g/mol. The van der Waals surface area contributed by atoms with Crippen LogP contribution in [0.25, 0.3) is 0 Å². The Morgan fingerprint density at radius 3 is 3.19 bits per heavy atom. The lowest BCUT2D eigenvalue weighted by atomic mass is 9.98. The first-order valence-corrected chi connectivity index (χ1v) is 9.16. The molecule has 0 aliphatic heterocycles. The maximum absolute atomic E-state index is 13.2. The first-order valence-electron chi connectivity index (χ1n) is 7.36. The summed E-state index contributed by atoms with van der Waals surface area (Å²) in [6.45, 7) is 3.14. The third-order valence-corrected chi connectivity index (χ3v) is 6.00. The third kappa shape index (κ3) is 3.65. The van der Waals surface area contributed by atoms with Gasteiger partial charge < -0.3 is 5.32 Å². The number of hydrogen-bond acceptors (Lipinski definition) is 4. The van der Waals surface area contributed by atoms with Gasteiger partial charge in [0.15, 0.2) is 0 Å². The number of hydrogen-bond donors (Lipinski definition) is 1. The highest BCUT2D eigenvalue weighted by Gasteiger charge is 2.23. The van der Waals surface area contributed by atoms with Gasteiger partial charge in [0.25, 0.3) is 0 Å². The molecule has 5 heteroatoms. The molecule has 0 spiro atoms. The average molecular weight is 322 g/mol. The molecule has 2 nitrogen and oxygen atoms in total. The summed E-state index contributed by atoms with van der Waals surface area (Å²) < 4.78 is 13.2. The first-order chi connectivity index (χ1) is 10.3. The Balaban J connectivity index is 1.69. The number of nitrogens with one attached hydrogen (secondary N) is 1. The maximum atomic E-state index is 13.2. The van der Waals surface area contributed by atoms with E-state index < -0.39 is 0 Å². The van der Waals surface area contributed by atoms with Crippen molar-refractivity contribution in [2.24, 2.45) is 0 Å². The molecule has 0 bridgehead atoms. The number of fused-ring (bicyclic) bond motifs is 1. The van der Waals surface area contributed by atoms with Crippen molar-refractivity contribution in [2.75, 3.05) is 6.54 Å². The van der Waals surface area contributed by atoms with Crippen LogP contribution in [0.2, 0.25) is 0 Å². The molecule has 2 aromatic rings. The smallest absolute Gasteiger partial charge is 0.124 e. The summed E-state index contributed by atoms with van der Waals surface area (Å²) in [6, 6.07) is 7.24. The van der Waals surface area contributed by atoms with E-state index in [4.69, 9.17) is 4.98 Å². The molecule has 0 saturated carbocycles. The Morgan fingerprint density at radius 2 is 2.38 bits per heavy atom. The van der Waals surface area contributed by atoms with Crippen LogP contribution in [0.5, 0.6) is 0 Å². The Labute approximate surface area is 133 Å². The lowest BCUT2D eigenvalue weighted by molar-refractivity contribution is 0.476. The number of aromatic nitrogens is 1. The van der Waals surface area contributed by atoms with E-state index in [-0.39, 0.29) is 5.82 Å². The van der Waals surface area contributed by atoms with Gasteiger partial charge in [-0.2, -0.15) is 0 Å². The molecule has 1 heterocycles. The molecule has 1 aromatic heterocycles. The van der Waals surface area contributed by atoms with Crippen molar-refractivity contribution in [2.45, 2.75) is 42.9 Å². The lowest BCUT2D eigenvalue weighted by Gasteiger charge is -2.21. The van der Waals surface area contributed by atoms with Crippen molar-refractivity contribution in [3.05, 3.63) is 45.7 Å². The van der Waals surface area contributed by atoms with Gasteiger partial charge in [-0.1, -0.05) is 13.0 Å². The van der Waals surface area contributed by atoms with Gasteiger partial charge in [-0.15, -0.1) is 23.1 Å². The molecule has 3 rings (SSSR count). The zero-order valence-electron chi connectivity index (χ0n) is 12.1. The fraction of sp³-hybridized carbons (Fsp3) is 0.438. The lowest BCUT2D eigenvalue weighted by Crippen LogP contribution is -2.23. The highest BCUT2D eigenvalue weighted by Crippen LogP contribution is 2.36. The molecule has 1 atom stereocenters. The minimum atomic E-state index is -0.175. The summed E-state index contributed by atoms with van der Waals surface area (Å²) in [5, 5.41) is 4.70. The SMILES string of the molecule is CCNC1CCCc2nc(CSc3cccc(F)c3)sc21. The highest BCUT2D eigenvalue weighted by atomic mass is 32.2. The quantitative estimate of drug-likeness (QED) is 0.817. The van der Waals surface area contributed by atoms with Crippen molar-refractivity contribution in [1.82, 2.24) is 10.3 Å². The second-order valence-electron chi connectivity index (χ2n) is 5.17. The number of halogens is 1. The van der Waals surface area contributed by atoms with Gasteiger partial charge in [-0.3, -0.25) is 0 Å². The van der Waals surface area contributed by atoms with Gasteiger partial charge in [0.2, 0.25) is 0 Å². The van der Waals surface area contributed by atoms with Crippen molar-refractivity contribution in [3.8, 4) is 0 Å². The van der Waals surface area contributed by atoms with E-state index in [9.17, 15) is 4.39 Å². The first kappa shape index (κ1) is 15.0. The van der Waals surface area contributed by atoms with Crippen molar-refractivity contribution in [3.63, 3.8) is 0 Å². The minimum absolute atomic E-state index is 0.175.